The third-order valence-corrected chi connectivity index (χ3v) is 4.25. The van der Waals surface area contributed by atoms with Crippen molar-refractivity contribution in [3.63, 3.8) is 0 Å². The van der Waals surface area contributed by atoms with Gasteiger partial charge < -0.3 is 10.6 Å². The quantitative estimate of drug-likeness (QED) is 0.754. The van der Waals surface area contributed by atoms with Gasteiger partial charge in [0.1, 0.15) is 0 Å². The number of hydrogen-bond donors (Lipinski definition) is 2. The molecule has 1 aliphatic heterocycles. The van der Waals surface area contributed by atoms with Crippen LogP contribution < -0.4 is 10.6 Å². The number of rotatable bonds is 3. The largest absolute Gasteiger partial charge is 0.352 e. The van der Waals surface area contributed by atoms with Crippen molar-refractivity contribution in [1.29, 1.82) is 0 Å². The molecule has 0 saturated carbocycles. The highest BCUT2D eigenvalue weighted by molar-refractivity contribution is 14.1. The minimum atomic E-state index is 0.00212. The van der Waals surface area contributed by atoms with Gasteiger partial charge in [0, 0.05) is 14.6 Å². The third kappa shape index (κ3) is 3.66. The summed E-state index contributed by atoms with van der Waals surface area (Å²) < 4.78 is 1.92. The number of carbonyl (C=O) groups excluding carboxylic acids is 1. The van der Waals surface area contributed by atoms with Crippen molar-refractivity contribution >= 4 is 44.4 Å². The van der Waals surface area contributed by atoms with E-state index >= 15 is 0 Å². The zero-order chi connectivity index (χ0) is 12.3. The van der Waals surface area contributed by atoms with E-state index in [9.17, 15) is 4.79 Å². The molecule has 2 rings (SSSR count). The number of nitrogens with one attached hydrogen (secondary N) is 2. The molecule has 1 saturated heterocycles. The van der Waals surface area contributed by atoms with Gasteiger partial charge in [-0.2, -0.15) is 0 Å². The van der Waals surface area contributed by atoms with E-state index in [4.69, 9.17) is 0 Å². The minimum absolute atomic E-state index is 0.00212. The zero-order valence-corrected chi connectivity index (χ0v) is 13.0. The fourth-order valence-electron chi connectivity index (χ4n) is 1.89. The maximum Gasteiger partial charge on any atom is 0.252 e. The monoisotopic (exact) mass is 408 g/mol. The molecule has 0 radical (unpaired) electrons. The molecular weight excluding hydrogens is 395 g/mol. The van der Waals surface area contributed by atoms with Crippen molar-refractivity contribution in [3.8, 4) is 0 Å². The van der Waals surface area contributed by atoms with Gasteiger partial charge in [0.25, 0.3) is 5.91 Å². The Morgan fingerprint density at radius 2 is 2.41 bits per heavy atom. The molecule has 0 spiro atoms. The first-order valence-electron chi connectivity index (χ1n) is 5.61. The summed E-state index contributed by atoms with van der Waals surface area (Å²) in [5.41, 5.74) is 0.711. The van der Waals surface area contributed by atoms with Crippen LogP contribution in [0.15, 0.2) is 22.7 Å². The molecule has 92 valence electrons. The van der Waals surface area contributed by atoms with Crippen molar-refractivity contribution in [2.75, 3.05) is 19.6 Å². The summed E-state index contributed by atoms with van der Waals surface area (Å²) in [6.45, 7) is 2.82. The Bertz CT molecular complexity index is 419. The van der Waals surface area contributed by atoms with Crippen LogP contribution in [-0.2, 0) is 0 Å². The molecule has 3 nitrogen and oxygen atoms in total. The molecule has 1 aliphatic rings. The standard InChI is InChI=1S/C12H14BrIN2O/c13-11-2-1-9(14)5-10(11)12(17)16-7-8-3-4-15-6-8/h1-2,5,8,15H,3-4,6-7H2,(H,16,17). The van der Waals surface area contributed by atoms with E-state index in [1.807, 2.05) is 18.2 Å². The van der Waals surface area contributed by atoms with Crippen molar-refractivity contribution in [2.24, 2.45) is 5.92 Å². The van der Waals surface area contributed by atoms with Gasteiger partial charge in [-0.25, -0.2) is 0 Å². The van der Waals surface area contributed by atoms with E-state index in [2.05, 4.69) is 49.2 Å². The van der Waals surface area contributed by atoms with E-state index in [1.165, 1.54) is 0 Å². The first-order valence-corrected chi connectivity index (χ1v) is 7.48. The Hall–Kier alpha value is -0.140. The predicted molar refractivity (Wildman–Crippen MR) is 80.2 cm³/mol. The highest BCUT2D eigenvalue weighted by Gasteiger charge is 2.16. The topological polar surface area (TPSA) is 41.1 Å². The van der Waals surface area contributed by atoms with Gasteiger partial charge in [0.2, 0.25) is 0 Å². The average Bonchev–Trinajstić information content (AvgIpc) is 2.82. The lowest BCUT2D eigenvalue weighted by atomic mass is 10.1. The molecule has 1 fully saturated rings. The van der Waals surface area contributed by atoms with Gasteiger partial charge in [0.05, 0.1) is 5.56 Å². The summed E-state index contributed by atoms with van der Waals surface area (Å²) in [6.07, 6.45) is 1.15. The predicted octanol–water partition coefficient (Wildman–Crippen LogP) is 2.39. The van der Waals surface area contributed by atoms with E-state index in [1.54, 1.807) is 0 Å². The molecule has 0 bridgehead atoms. The van der Waals surface area contributed by atoms with Crippen LogP contribution in [0.4, 0.5) is 0 Å². The maximum absolute atomic E-state index is 12.0. The SMILES string of the molecule is O=C(NCC1CCNC1)c1cc(I)ccc1Br. The lowest BCUT2D eigenvalue weighted by Gasteiger charge is -2.11. The van der Waals surface area contributed by atoms with E-state index in [-0.39, 0.29) is 5.91 Å². The normalized spacial score (nSPS) is 19.3. The highest BCUT2D eigenvalue weighted by atomic mass is 127. The molecule has 0 aliphatic carbocycles. The molecule has 0 aromatic heterocycles. The van der Waals surface area contributed by atoms with Gasteiger partial charge in [-0.3, -0.25) is 4.79 Å². The fraction of sp³-hybridized carbons (Fsp3) is 0.417. The van der Waals surface area contributed by atoms with Gasteiger partial charge in [-0.1, -0.05) is 0 Å². The summed E-state index contributed by atoms with van der Waals surface area (Å²) in [5, 5.41) is 6.29. The van der Waals surface area contributed by atoms with Crippen LogP contribution in [0.2, 0.25) is 0 Å². The van der Waals surface area contributed by atoms with Gasteiger partial charge in [0.15, 0.2) is 0 Å². The molecule has 1 unspecified atom stereocenters. The Balaban J connectivity index is 1.96. The van der Waals surface area contributed by atoms with E-state index in [0.717, 1.165) is 34.1 Å². The second-order valence-electron chi connectivity index (χ2n) is 4.19. The zero-order valence-electron chi connectivity index (χ0n) is 9.30. The lowest BCUT2D eigenvalue weighted by Crippen LogP contribution is -2.30. The highest BCUT2D eigenvalue weighted by Crippen LogP contribution is 2.19. The first-order chi connectivity index (χ1) is 8.16. The molecule has 1 aromatic carbocycles. The smallest absolute Gasteiger partial charge is 0.252 e. The Morgan fingerprint density at radius 1 is 1.59 bits per heavy atom. The van der Waals surface area contributed by atoms with Crippen molar-refractivity contribution in [3.05, 3.63) is 31.8 Å². The molecule has 1 heterocycles. The summed E-state index contributed by atoms with van der Waals surface area (Å²) in [5.74, 6) is 0.572. The molecule has 2 N–H and O–H groups in total. The summed E-state index contributed by atoms with van der Waals surface area (Å²) in [7, 11) is 0. The van der Waals surface area contributed by atoms with Crippen LogP contribution in [0.5, 0.6) is 0 Å². The molecule has 5 heteroatoms. The number of carbonyl (C=O) groups is 1. The Kier molecular flexibility index (Phi) is 4.81. The molecule has 1 aromatic rings. The van der Waals surface area contributed by atoms with Gasteiger partial charge in [-0.05, 0) is 82.1 Å². The summed E-state index contributed by atoms with van der Waals surface area (Å²) in [4.78, 5) is 12.0. The Morgan fingerprint density at radius 3 is 3.12 bits per heavy atom. The Labute approximate surface area is 123 Å². The maximum atomic E-state index is 12.0. The van der Waals surface area contributed by atoms with Gasteiger partial charge in [-0.15, -0.1) is 0 Å². The molecular formula is C12H14BrIN2O. The second kappa shape index (κ2) is 6.15. The van der Waals surface area contributed by atoms with Crippen LogP contribution in [0.25, 0.3) is 0 Å². The van der Waals surface area contributed by atoms with Crippen LogP contribution >= 0.6 is 38.5 Å². The fourth-order valence-corrected chi connectivity index (χ4v) is 2.81. The van der Waals surface area contributed by atoms with Crippen molar-refractivity contribution < 1.29 is 4.79 Å². The summed E-state index contributed by atoms with van der Waals surface area (Å²) >= 11 is 5.62. The number of hydrogen-bond acceptors (Lipinski definition) is 2. The summed E-state index contributed by atoms with van der Waals surface area (Å²) in [6, 6.07) is 5.78. The van der Waals surface area contributed by atoms with Crippen molar-refractivity contribution in [2.45, 2.75) is 6.42 Å². The third-order valence-electron chi connectivity index (χ3n) is 2.89. The van der Waals surface area contributed by atoms with Crippen LogP contribution in [-0.4, -0.2) is 25.5 Å². The number of benzene rings is 1. The molecule has 1 atom stereocenters. The van der Waals surface area contributed by atoms with Crippen LogP contribution in [0.3, 0.4) is 0 Å². The average molecular weight is 409 g/mol. The van der Waals surface area contributed by atoms with Crippen molar-refractivity contribution in [1.82, 2.24) is 10.6 Å². The number of amides is 1. The molecule has 1 amide bonds. The second-order valence-corrected chi connectivity index (χ2v) is 6.29. The van der Waals surface area contributed by atoms with Crippen LogP contribution in [0.1, 0.15) is 16.8 Å². The van der Waals surface area contributed by atoms with Crippen LogP contribution in [0, 0.1) is 9.49 Å². The number of halogens is 2. The van der Waals surface area contributed by atoms with E-state index < -0.39 is 0 Å². The van der Waals surface area contributed by atoms with Gasteiger partial charge >= 0.3 is 0 Å². The van der Waals surface area contributed by atoms with E-state index in [0.29, 0.717) is 11.5 Å². The lowest BCUT2D eigenvalue weighted by molar-refractivity contribution is 0.0947. The molecule has 17 heavy (non-hydrogen) atoms. The minimum Gasteiger partial charge on any atom is -0.352 e. The first kappa shape index (κ1) is 13.3.